The first-order valence-corrected chi connectivity index (χ1v) is 7.16. The minimum atomic E-state index is -0.222. The number of halogens is 1. The molecule has 0 atom stereocenters. The van der Waals surface area contributed by atoms with Crippen LogP contribution in [0.3, 0.4) is 0 Å². The van der Waals surface area contributed by atoms with Crippen molar-refractivity contribution < 1.29 is 9.13 Å². The van der Waals surface area contributed by atoms with Crippen molar-refractivity contribution >= 4 is 5.69 Å². The smallest absolute Gasteiger partial charge is 0.125 e. The third kappa shape index (κ3) is 4.20. The average Bonchev–Trinajstić information content (AvgIpc) is 2.52. The van der Waals surface area contributed by atoms with E-state index in [1.807, 2.05) is 37.3 Å². The number of ether oxygens (including phenoxy) is 1. The molecule has 4 heteroatoms. The van der Waals surface area contributed by atoms with Gasteiger partial charge >= 0.3 is 0 Å². The number of rotatable bonds is 7. The third-order valence-corrected chi connectivity index (χ3v) is 3.37. The van der Waals surface area contributed by atoms with Gasteiger partial charge in [0.1, 0.15) is 18.2 Å². The highest BCUT2D eigenvalue weighted by molar-refractivity contribution is 5.46. The molecule has 3 nitrogen and oxygen atoms in total. The first kappa shape index (κ1) is 15.3. The van der Waals surface area contributed by atoms with Gasteiger partial charge in [-0.05, 0) is 31.2 Å². The van der Waals surface area contributed by atoms with Gasteiger partial charge < -0.3 is 15.4 Å². The van der Waals surface area contributed by atoms with E-state index in [0.29, 0.717) is 19.7 Å². The van der Waals surface area contributed by atoms with Crippen LogP contribution in [0, 0.1) is 5.82 Å². The summed E-state index contributed by atoms with van der Waals surface area (Å²) in [5.41, 5.74) is 7.54. The molecule has 0 saturated carbocycles. The minimum absolute atomic E-state index is 0.222. The van der Waals surface area contributed by atoms with Crippen molar-refractivity contribution in [2.45, 2.75) is 13.5 Å². The van der Waals surface area contributed by atoms with E-state index in [1.165, 1.54) is 12.1 Å². The third-order valence-electron chi connectivity index (χ3n) is 3.37. The van der Waals surface area contributed by atoms with Crippen molar-refractivity contribution in [1.82, 2.24) is 0 Å². The predicted molar refractivity (Wildman–Crippen MR) is 84.1 cm³/mol. The number of para-hydroxylation sites is 1. The van der Waals surface area contributed by atoms with Crippen LogP contribution in [0.25, 0.3) is 0 Å². The molecule has 2 aromatic rings. The number of hydrogen-bond donors (Lipinski definition) is 1. The van der Waals surface area contributed by atoms with Crippen molar-refractivity contribution in [3.8, 4) is 5.75 Å². The Balaban J connectivity index is 1.95. The quantitative estimate of drug-likeness (QED) is 0.850. The van der Waals surface area contributed by atoms with Gasteiger partial charge in [-0.25, -0.2) is 4.39 Å². The van der Waals surface area contributed by atoms with Crippen molar-refractivity contribution in [2.75, 3.05) is 24.6 Å². The van der Waals surface area contributed by atoms with E-state index in [4.69, 9.17) is 10.5 Å². The van der Waals surface area contributed by atoms with Crippen LogP contribution in [0.15, 0.2) is 48.5 Å². The molecule has 0 amide bonds. The standard InChI is InChI=1S/C17H21FN2O/c1-2-20(16-8-5-7-15(18)12-16)10-11-21-17-9-4-3-6-14(17)13-19/h3-9,12H,2,10-11,13,19H2,1H3. The molecule has 2 N–H and O–H groups in total. The highest BCUT2D eigenvalue weighted by Gasteiger charge is 2.06. The van der Waals surface area contributed by atoms with Crippen molar-refractivity contribution in [2.24, 2.45) is 5.73 Å². The molecule has 0 bridgehead atoms. The molecule has 0 unspecified atom stereocenters. The van der Waals surface area contributed by atoms with Crippen molar-refractivity contribution in [1.29, 1.82) is 0 Å². The Hall–Kier alpha value is -2.07. The summed E-state index contributed by atoms with van der Waals surface area (Å²) in [6.07, 6.45) is 0. The summed E-state index contributed by atoms with van der Waals surface area (Å²) >= 11 is 0. The molecular weight excluding hydrogens is 267 g/mol. The lowest BCUT2D eigenvalue weighted by Gasteiger charge is -2.23. The van der Waals surface area contributed by atoms with E-state index in [-0.39, 0.29) is 5.82 Å². The van der Waals surface area contributed by atoms with Crippen LogP contribution in [0.5, 0.6) is 5.75 Å². The van der Waals surface area contributed by atoms with E-state index < -0.39 is 0 Å². The van der Waals surface area contributed by atoms with Crippen LogP contribution < -0.4 is 15.4 Å². The molecule has 0 radical (unpaired) electrons. The van der Waals surface area contributed by atoms with Crippen LogP contribution in [-0.4, -0.2) is 19.7 Å². The molecule has 0 aliphatic carbocycles. The molecule has 112 valence electrons. The summed E-state index contributed by atoms with van der Waals surface area (Å²) in [6.45, 7) is 4.52. The lowest BCUT2D eigenvalue weighted by atomic mass is 10.2. The lowest BCUT2D eigenvalue weighted by molar-refractivity contribution is 0.321. The zero-order valence-corrected chi connectivity index (χ0v) is 12.3. The highest BCUT2D eigenvalue weighted by Crippen LogP contribution is 2.18. The summed E-state index contributed by atoms with van der Waals surface area (Å²) in [5, 5.41) is 0. The largest absolute Gasteiger partial charge is 0.491 e. The monoisotopic (exact) mass is 288 g/mol. The van der Waals surface area contributed by atoms with Crippen LogP contribution >= 0.6 is 0 Å². The number of nitrogens with zero attached hydrogens (tertiary/aromatic N) is 1. The molecule has 2 rings (SSSR count). The molecule has 21 heavy (non-hydrogen) atoms. The van der Waals surface area contributed by atoms with E-state index in [9.17, 15) is 4.39 Å². The van der Waals surface area contributed by atoms with Gasteiger partial charge in [-0.15, -0.1) is 0 Å². The summed E-state index contributed by atoms with van der Waals surface area (Å²) in [7, 11) is 0. The number of likely N-dealkylation sites (N-methyl/N-ethyl adjacent to an activating group) is 1. The summed E-state index contributed by atoms with van der Waals surface area (Å²) in [6, 6.07) is 14.4. The first-order valence-electron chi connectivity index (χ1n) is 7.16. The fourth-order valence-electron chi connectivity index (χ4n) is 2.22. The number of nitrogens with two attached hydrogens (primary N) is 1. The van der Waals surface area contributed by atoms with E-state index >= 15 is 0 Å². The van der Waals surface area contributed by atoms with Gasteiger partial charge in [-0.2, -0.15) is 0 Å². The second-order valence-electron chi connectivity index (χ2n) is 4.72. The summed E-state index contributed by atoms with van der Waals surface area (Å²) in [5.74, 6) is 0.593. The van der Waals surface area contributed by atoms with Gasteiger partial charge in [0.05, 0.1) is 6.54 Å². The maximum atomic E-state index is 13.3. The molecular formula is C17H21FN2O. The van der Waals surface area contributed by atoms with Crippen LogP contribution in [0.2, 0.25) is 0 Å². The number of benzene rings is 2. The molecule has 0 aliphatic rings. The Kier molecular flexibility index (Phi) is 5.58. The molecule has 0 fully saturated rings. The highest BCUT2D eigenvalue weighted by atomic mass is 19.1. The molecule has 2 aromatic carbocycles. The van der Waals surface area contributed by atoms with E-state index in [2.05, 4.69) is 4.90 Å². The summed E-state index contributed by atoms with van der Waals surface area (Å²) in [4.78, 5) is 2.08. The molecule has 0 aliphatic heterocycles. The maximum absolute atomic E-state index is 13.3. The van der Waals surface area contributed by atoms with E-state index in [1.54, 1.807) is 6.07 Å². The van der Waals surface area contributed by atoms with Crippen molar-refractivity contribution in [3.63, 3.8) is 0 Å². The van der Waals surface area contributed by atoms with Crippen LogP contribution in [0.1, 0.15) is 12.5 Å². The van der Waals surface area contributed by atoms with Crippen LogP contribution in [0.4, 0.5) is 10.1 Å². The Morgan fingerprint density at radius 1 is 1.14 bits per heavy atom. The maximum Gasteiger partial charge on any atom is 0.125 e. The van der Waals surface area contributed by atoms with E-state index in [0.717, 1.165) is 23.5 Å². The predicted octanol–water partition coefficient (Wildman–Crippen LogP) is 3.19. The van der Waals surface area contributed by atoms with Gasteiger partial charge in [-0.3, -0.25) is 0 Å². The topological polar surface area (TPSA) is 38.5 Å². The zero-order chi connectivity index (χ0) is 15.1. The van der Waals surface area contributed by atoms with Gasteiger partial charge in [0.2, 0.25) is 0 Å². The molecule has 0 aromatic heterocycles. The molecule has 0 saturated heterocycles. The van der Waals surface area contributed by atoms with Gasteiger partial charge in [0.25, 0.3) is 0 Å². The Morgan fingerprint density at radius 2 is 1.95 bits per heavy atom. The van der Waals surface area contributed by atoms with Gasteiger partial charge in [0.15, 0.2) is 0 Å². The Bertz CT molecular complexity index is 574. The van der Waals surface area contributed by atoms with Gasteiger partial charge in [0, 0.05) is 24.3 Å². The van der Waals surface area contributed by atoms with Gasteiger partial charge in [-0.1, -0.05) is 24.3 Å². The zero-order valence-electron chi connectivity index (χ0n) is 12.3. The number of anilines is 1. The SMILES string of the molecule is CCN(CCOc1ccccc1CN)c1cccc(F)c1. The molecule has 0 heterocycles. The fraction of sp³-hybridized carbons (Fsp3) is 0.294. The van der Waals surface area contributed by atoms with Crippen molar-refractivity contribution in [3.05, 3.63) is 59.9 Å². The number of hydrogen-bond acceptors (Lipinski definition) is 3. The average molecular weight is 288 g/mol. The second-order valence-corrected chi connectivity index (χ2v) is 4.72. The van der Waals surface area contributed by atoms with Crippen LogP contribution in [-0.2, 0) is 6.54 Å². The normalized spacial score (nSPS) is 10.4. The minimum Gasteiger partial charge on any atom is -0.491 e. The Morgan fingerprint density at radius 3 is 2.67 bits per heavy atom. The summed E-state index contributed by atoms with van der Waals surface area (Å²) < 4.78 is 19.1. The second kappa shape index (κ2) is 7.64. The lowest BCUT2D eigenvalue weighted by Crippen LogP contribution is -2.28. The first-order chi connectivity index (χ1) is 10.2. The Labute approximate surface area is 125 Å². The molecule has 0 spiro atoms. The fourth-order valence-corrected chi connectivity index (χ4v) is 2.22.